The van der Waals surface area contributed by atoms with Gasteiger partial charge in [-0.2, -0.15) is 0 Å². The van der Waals surface area contributed by atoms with Crippen LogP contribution in [0.1, 0.15) is 17.2 Å². The monoisotopic (exact) mass is 218 g/mol. The molecule has 0 amide bonds. The predicted molar refractivity (Wildman–Crippen MR) is 51.8 cm³/mol. The van der Waals surface area contributed by atoms with Crippen LogP contribution in [0.25, 0.3) is 0 Å². The van der Waals surface area contributed by atoms with Crippen molar-refractivity contribution in [1.29, 1.82) is 0 Å². The molecule has 1 nitrogen and oxygen atoms in total. The van der Waals surface area contributed by atoms with Crippen molar-refractivity contribution in [1.82, 2.24) is 0 Å². The number of hydrogen-bond acceptors (Lipinski definition) is 1. The van der Waals surface area contributed by atoms with Crippen molar-refractivity contribution in [3.8, 4) is 0 Å². The second-order valence-corrected chi connectivity index (χ2v) is 5.18. The van der Waals surface area contributed by atoms with E-state index in [1.165, 1.54) is 12.1 Å². The highest BCUT2D eigenvalue weighted by atomic mass is 35.5. The molecule has 0 aromatic heterocycles. The quantitative estimate of drug-likeness (QED) is 0.709. The van der Waals surface area contributed by atoms with Gasteiger partial charge in [0.2, 0.25) is 0 Å². The first-order valence-corrected chi connectivity index (χ1v) is 5.76. The summed E-state index contributed by atoms with van der Waals surface area (Å²) in [7, 11) is -0.805. The van der Waals surface area contributed by atoms with E-state index in [0.29, 0.717) is 0 Å². The molecule has 0 saturated carbocycles. The van der Waals surface area contributed by atoms with E-state index in [-0.39, 0.29) is 10.3 Å². The standard InChI is InChI=1S/C9H8ClFOS/c10-7-2-1-6(5-8(7)11)9-3-4-13(9)12/h1-2,5,9H,3-4H2. The first kappa shape index (κ1) is 9.16. The Morgan fingerprint density at radius 2 is 2.31 bits per heavy atom. The number of rotatable bonds is 1. The summed E-state index contributed by atoms with van der Waals surface area (Å²) in [5.74, 6) is 0.303. The molecule has 0 aliphatic carbocycles. The van der Waals surface area contributed by atoms with E-state index in [1.54, 1.807) is 6.07 Å². The maximum absolute atomic E-state index is 13.0. The molecule has 1 aliphatic rings. The molecule has 13 heavy (non-hydrogen) atoms. The van der Waals surface area contributed by atoms with Gasteiger partial charge < -0.3 is 0 Å². The molecule has 0 bridgehead atoms. The zero-order valence-electron chi connectivity index (χ0n) is 6.80. The van der Waals surface area contributed by atoms with Gasteiger partial charge in [-0.25, -0.2) is 4.39 Å². The fraction of sp³-hybridized carbons (Fsp3) is 0.333. The van der Waals surface area contributed by atoms with E-state index < -0.39 is 16.6 Å². The Labute approximate surface area is 83.4 Å². The second kappa shape index (κ2) is 3.39. The van der Waals surface area contributed by atoms with Gasteiger partial charge in [0.15, 0.2) is 0 Å². The summed E-state index contributed by atoms with van der Waals surface area (Å²) in [4.78, 5) is 0. The van der Waals surface area contributed by atoms with Crippen LogP contribution in [0.15, 0.2) is 18.2 Å². The minimum absolute atomic E-state index is 0.0202. The Kier molecular flexibility index (Phi) is 2.39. The lowest BCUT2D eigenvalue weighted by Crippen LogP contribution is -2.22. The summed E-state index contributed by atoms with van der Waals surface area (Å²) in [5.41, 5.74) is 0.798. The summed E-state index contributed by atoms with van der Waals surface area (Å²) >= 11 is 5.53. The third-order valence-electron chi connectivity index (χ3n) is 2.21. The van der Waals surface area contributed by atoms with Crippen molar-refractivity contribution in [2.24, 2.45) is 0 Å². The van der Waals surface area contributed by atoms with E-state index in [0.717, 1.165) is 17.7 Å². The van der Waals surface area contributed by atoms with Crippen LogP contribution in [0.5, 0.6) is 0 Å². The van der Waals surface area contributed by atoms with Gasteiger partial charge in [0, 0.05) is 16.6 Å². The van der Waals surface area contributed by atoms with E-state index >= 15 is 0 Å². The highest BCUT2D eigenvalue weighted by Crippen LogP contribution is 2.34. The topological polar surface area (TPSA) is 17.1 Å². The molecule has 70 valence electrons. The lowest BCUT2D eigenvalue weighted by Gasteiger charge is -2.25. The third kappa shape index (κ3) is 1.63. The molecule has 1 saturated heterocycles. The molecule has 0 spiro atoms. The van der Waals surface area contributed by atoms with Crippen molar-refractivity contribution >= 4 is 22.4 Å². The first-order valence-electron chi connectivity index (χ1n) is 4.00. The Morgan fingerprint density at radius 1 is 1.54 bits per heavy atom. The summed E-state index contributed by atoms with van der Waals surface area (Å²) in [6.45, 7) is 0. The Morgan fingerprint density at radius 3 is 2.77 bits per heavy atom. The maximum Gasteiger partial charge on any atom is 0.142 e. The molecule has 1 aliphatic heterocycles. The smallest absolute Gasteiger partial charge is 0.142 e. The minimum atomic E-state index is -0.805. The number of hydrogen-bond donors (Lipinski definition) is 0. The normalized spacial score (nSPS) is 26.9. The molecule has 1 fully saturated rings. The highest BCUT2D eigenvalue weighted by Gasteiger charge is 2.28. The zero-order valence-corrected chi connectivity index (χ0v) is 8.37. The molecule has 2 atom stereocenters. The summed E-state index contributed by atoms with van der Waals surface area (Å²) in [5, 5.41) is 0.139. The van der Waals surface area contributed by atoms with Crippen molar-refractivity contribution in [2.45, 2.75) is 11.7 Å². The largest absolute Gasteiger partial charge is 0.259 e. The fourth-order valence-electron chi connectivity index (χ4n) is 1.36. The second-order valence-electron chi connectivity index (χ2n) is 3.04. The molecule has 1 aromatic carbocycles. The van der Waals surface area contributed by atoms with Gasteiger partial charge in [0.25, 0.3) is 0 Å². The Bertz CT molecular complexity index is 367. The van der Waals surface area contributed by atoms with Crippen molar-refractivity contribution < 1.29 is 8.60 Å². The third-order valence-corrected chi connectivity index (χ3v) is 4.30. The van der Waals surface area contributed by atoms with Crippen LogP contribution in [0.2, 0.25) is 5.02 Å². The van der Waals surface area contributed by atoms with Crippen molar-refractivity contribution in [2.75, 3.05) is 5.75 Å². The van der Waals surface area contributed by atoms with Crippen molar-refractivity contribution in [3.63, 3.8) is 0 Å². The fourth-order valence-corrected chi connectivity index (χ4v) is 2.59. The Balaban J connectivity index is 2.31. The van der Waals surface area contributed by atoms with Gasteiger partial charge in [-0.1, -0.05) is 17.7 Å². The van der Waals surface area contributed by atoms with Crippen LogP contribution in [-0.2, 0) is 10.8 Å². The van der Waals surface area contributed by atoms with Crippen molar-refractivity contribution in [3.05, 3.63) is 34.6 Å². The van der Waals surface area contributed by atoms with E-state index in [4.69, 9.17) is 11.6 Å². The number of benzene rings is 1. The zero-order chi connectivity index (χ0) is 9.42. The van der Waals surface area contributed by atoms with Gasteiger partial charge in [-0.3, -0.25) is 4.21 Å². The molecule has 2 rings (SSSR count). The summed E-state index contributed by atoms with van der Waals surface area (Å²) in [6.07, 6.45) is 0.883. The van der Waals surface area contributed by atoms with E-state index in [2.05, 4.69) is 0 Å². The molecule has 4 heteroatoms. The van der Waals surface area contributed by atoms with Gasteiger partial charge in [-0.15, -0.1) is 0 Å². The molecular weight excluding hydrogens is 211 g/mol. The SMILES string of the molecule is O=S1CCC1c1ccc(Cl)c(F)c1. The van der Waals surface area contributed by atoms with Crippen LogP contribution < -0.4 is 0 Å². The Hall–Kier alpha value is -0.410. The van der Waals surface area contributed by atoms with E-state index in [9.17, 15) is 8.60 Å². The van der Waals surface area contributed by atoms with Crippen LogP contribution >= 0.6 is 11.6 Å². The summed E-state index contributed by atoms with van der Waals surface area (Å²) in [6, 6.07) is 4.64. The van der Waals surface area contributed by atoms with Crippen LogP contribution in [0.3, 0.4) is 0 Å². The van der Waals surface area contributed by atoms with Crippen LogP contribution in [0, 0.1) is 5.82 Å². The molecular formula is C9H8ClFOS. The highest BCUT2D eigenvalue weighted by molar-refractivity contribution is 7.86. The molecule has 1 aromatic rings. The number of halogens is 2. The first-order chi connectivity index (χ1) is 6.18. The molecule has 2 unspecified atom stereocenters. The van der Waals surface area contributed by atoms with E-state index in [1.807, 2.05) is 0 Å². The average molecular weight is 219 g/mol. The van der Waals surface area contributed by atoms with Gasteiger partial charge in [0.05, 0.1) is 10.3 Å². The maximum atomic E-state index is 13.0. The van der Waals surface area contributed by atoms with Gasteiger partial charge in [-0.05, 0) is 24.1 Å². The van der Waals surface area contributed by atoms with Crippen LogP contribution in [0.4, 0.5) is 4.39 Å². The van der Waals surface area contributed by atoms with Gasteiger partial charge >= 0.3 is 0 Å². The minimum Gasteiger partial charge on any atom is -0.259 e. The van der Waals surface area contributed by atoms with Gasteiger partial charge in [0.1, 0.15) is 5.82 Å². The summed E-state index contributed by atoms with van der Waals surface area (Å²) < 4.78 is 24.2. The molecule has 0 N–H and O–H groups in total. The molecule has 1 heterocycles. The predicted octanol–water partition coefficient (Wildman–Crippen LogP) is 2.67. The lowest BCUT2D eigenvalue weighted by atomic mass is 10.1. The average Bonchev–Trinajstić information content (AvgIpc) is 2.09. The lowest BCUT2D eigenvalue weighted by molar-refractivity contribution is 0.619. The van der Waals surface area contributed by atoms with Crippen LogP contribution in [-0.4, -0.2) is 9.96 Å². The molecule has 0 radical (unpaired) electrons.